The molecule has 0 saturated heterocycles. The summed E-state index contributed by atoms with van der Waals surface area (Å²) in [4.78, 5) is 3.24. The highest BCUT2D eigenvalue weighted by Crippen LogP contribution is 2.24. The Labute approximate surface area is 104 Å². The number of nitrogens with two attached hydrogens (primary N) is 2. The Balaban J connectivity index is 2.19. The third-order valence-electron chi connectivity index (χ3n) is 2.61. The minimum Gasteiger partial charge on any atom is -0.497 e. The predicted octanol–water partition coefficient (Wildman–Crippen LogP) is 0.526. The first-order chi connectivity index (χ1) is 8.20. The molecule has 0 aliphatic rings. The lowest BCUT2D eigenvalue weighted by molar-refractivity contribution is -0.110. The topological polar surface area (TPSA) is 76.6 Å². The van der Waals surface area contributed by atoms with Gasteiger partial charge in [0.25, 0.3) is 5.17 Å². The SMILES string of the molecule is COc1ccc2[nH]cc(CCSC(N)=[NH2+])c2c1. The van der Waals surface area contributed by atoms with Gasteiger partial charge in [-0.05, 0) is 41.9 Å². The number of fused-ring (bicyclic) bond motifs is 1. The van der Waals surface area contributed by atoms with E-state index in [0.717, 1.165) is 23.4 Å². The van der Waals surface area contributed by atoms with Crippen LogP contribution in [0.3, 0.4) is 0 Å². The summed E-state index contributed by atoms with van der Waals surface area (Å²) in [6.45, 7) is 0. The third-order valence-corrected chi connectivity index (χ3v) is 3.36. The smallest absolute Gasteiger partial charge is 0.299 e. The maximum absolute atomic E-state index is 5.42. The molecule has 1 aromatic heterocycles. The van der Waals surface area contributed by atoms with Gasteiger partial charge in [0, 0.05) is 22.9 Å². The second kappa shape index (κ2) is 5.14. The van der Waals surface area contributed by atoms with Crippen LogP contribution in [0.25, 0.3) is 10.9 Å². The van der Waals surface area contributed by atoms with Crippen LogP contribution >= 0.6 is 11.8 Å². The summed E-state index contributed by atoms with van der Waals surface area (Å²) in [5, 5.41) is 7.03. The van der Waals surface area contributed by atoms with E-state index in [-0.39, 0.29) is 0 Å². The molecular formula is C12H16N3OS+. The molecule has 1 heterocycles. The third kappa shape index (κ3) is 2.74. The van der Waals surface area contributed by atoms with Crippen LogP contribution in [-0.4, -0.2) is 23.0 Å². The highest BCUT2D eigenvalue weighted by Gasteiger charge is 2.06. The van der Waals surface area contributed by atoms with Gasteiger partial charge in [0.05, 0.1) is 7.11 Å². The van der Waals surface area contributed by atoms with Gasteiger partial charge >= 0.3 is 0 Å². The maximum Gasteiger partial charge on any atom is 0.299 e. The van der Waals surface area contributed by atoms with Crippen molar-refractivity contribution in [3.05, 3.63) is 30.0 Å². The molecule has 0 unspecified atom stereocenters. The number of H-pyrrole nitrogens is 1. The summed E-state index contributed by atoms with van der Waals surface area (Å²) in [6.07, 6.45) is 2.95. The van der Waals surface area contributed by atoms with Crippen LogP contribution in [0.5, 0.6) is 5.75 Å². The summed E-state index contributed by atoms with van der Waals surface area (Å²) in [6, 6.07) is 6.01. The molecule has 2 aromatic rings. The molecule has 2 rings (SSSR count). The quantitative estimate of drug-likeness (QED) is 0.547. The number of amidine groups is 1. The lowest BCUT2D eigenvalue weighted by atomic mass is 10.1. The Morgan fingerprint density at radius 3 is 3.06 bits per heavy atom. The van der Waals surface area contributed by atoms with Crippen LogP contribution in [0.1, 0.15) is 5.56 Å². The second-order valence-corrected chi connectivity index (χ2v) is 4.89. The molecule has 0 spiro atoms. The normalized spacial score (nSPS) is 10.6. The highest BCUT2D eigenvalue weighted by atomic mass is 32.2. The highest BCUT2D eigenvalue weighted by molar-refractivity contribution is 8.13. The van der Waals surface area contributed by atoms with Crippen molar-refractivity contribution >= 4 is 27.8 Å². The number of aromatic nitrogens is 1. The number of ether oxygens (including phenoxy) is 1. The van der Waals surface area contributed by atoms with Crippen molar-refractivity contribution in [2.45, 2.75) is 6.42 Å². The molecule has 4 nitrogen and oxygen atoms in total. The zero-order valence-electron chi connectivity index (χ0n) is 9.69. The first-order valence-electron chi connectivity index (χ1n) is 5.35. The number of thioether (sulfide) groups is 1. The Morgan fingerprint density at radius 2 is 2.35 bits per heavy atom. The fourth-order valence-electron chi connectivity index (χ4n) is 1.77. The summed E-state index contributed by atoms with van der Waals surface area (Å²) < 4.78 is 5.23. The molecule has 0 saturated carbocycles. The van der Waals surface area contributed by atoms with Crippen molar-refractivity contribution < 1.29 is 10.1 Å². The lowest BCUT2D eigenvalue weighted by Gasteiger charge is -2.01. The zero-order valence-corrected chi connectivity index (χ0v) is 10.5. The minimum absolute atomic E-state index is 0.419. The molecule has 0 aliphatic heterocycles. The van der Waals surface area contributed by atoms with Gasteiger partial charge in [0.1, 0.15) is 5.75 Å². The van der Waals surface area contributed by atoms with Crippen molar-refractivity contribution in [2.24, 2.45) is 5.73 Å². The Bertz CT molecular complexity index is 536. The molecule has 0 bridgehead atoms. The number of hydrogen-bond acceptors (Lipinski definition) is 2. The number of nitrogens with one attached hydrogen (secondary N) is 1. The standard InChI is InChI=1S/C12H15N3OS/c1-16-9-2-3-11-10(6-9)8(7-15-11)4-5-17-12(13)14/h2-3,6-7,15H,4-5H2,1H3,(H3,13,14)/p+1. The number of methoxy groups -OCH3 is 1. The second-order valence-electron chi connectivity index (χ2n) is 3.73. The van der Waals surface area contributed by atoms with E-state index in [2.05, 4.69) is 4.98 Å². The molecule has 0 atom stereocenters. The van der Waals surface area contributed by atoms with E-state index < -0.39 is 0 Å². The maximum atomic E-state index is 5.42. The van der Waals surface area contributed by atoms with E-state index in [0.29, 0.717) is 5.17 Å². The van der Waals surface area contributed by atoms with E-state index in [9.17, 15) is 0 Å². The number of rotatable bonds is 4. The molecule has 0 fully saturated rings. The summed E-state index contributed by atoms with van der Waals surface area (Å²) in [5.41, 5.74) is 7.80. The van der Waals surface area contributed by atoms with Crippen LogP contribution < -0.4 is 15.9 Å². The zero-order chi connectivity index (χ0) is 12.3. The molecule has 0 radical (unpaired) electrons. The van der Waals surface area contributed by atoms with Gasteiger partial charge in [0.2, 0.25) is 0 Å². The van der Waals surface area contributed by atoms with E-state index in [4.69, 9.17) is 15.9 Å². The summed E-state index contributed by atoms with van der Waals surface area (Å²) in [5.74, 6) is 1.75. The minimum atomic E-state index is 0.419. The first-order valence-corrected chi connectivity index (χ1v) is 6.34. The van der Waals surface area contributed by atoms with E-state index in [1.165, 1.54) is 22.7 Å². The van der Waals surface area contributed by atoms with Gasteiger partial charge in [-0.1, -0.05) is 0 Å². The largest absolute Gasteiger partial charge is 0.497 e. The summed E-state index contributed by atoms with van der Waals surface area (Å²) >= 11 is 1.48. The Morgan fingerprint density at radius 1 is 1.53 bits per heavy atom. The van der Waals surface area contributed by atoms with Crippen molar-refractivity contribution in [3.63, 3.8) is 0 Å². The lowest BCUT2D eigenvalue weighted by Crippen LogP contribution is -2.43. The molecule has 5 N–H and O–H groups in total. The van der Waals surface area contributed by atoms with Crippen LogP contribution in [0, 0.1) is 0 Å². The van der Waals surface area contributed by atoms with Crippen LogP contribution in [-0.2, 0) is 6.42 Å². The van der Waals surface area contributed by atoms with E-state index in [1.54, 1.807) is 7.11 Å². The average Bonchev–Trinajstić information content (AvgIpc) is 2.71. The molecule has 5 heteroatoms. The fourth-order valence-corrected chi connectivity index (χ4v) is 2.33. The number of aromatic amines is 1. The van der Waals surface area contributed by atoms with Crippen LogP contribution in [0.2, 0.25) is 0 Å². The summed E-state index contributed by atoms with van der Waals surface area (Å²) in [7, 11) is 1.67. The first kappa shape index (κ1) is 11.9. The molecule has 1 aromatic carbocycles. The Kier molecular flexibility index (Phi) is 3.58. The van der Waals surface area contributed by atoms with Gasteiger partial charge in [-0.2, -0.15) is 0 Å². The van der Waals surface area contributed by atoms with E-state index >= 15 is 0 Å². The van der Waals surface area contributed by atoms with Gasteiger partial charge in [-0.15, -0.1) is 0 Å². The fraction of sp³-hybridized carbons (Fsp3) is 0.250. The van der Waals surface area contributed by atoms with Crippen LogP contribution in [0.4, 0.5) is 0 Å². The van der Waals surface area contributed by atoms with Gasteiger partial charge in [-0.25, -0.2) is 0 Å². The number of hydrogen-bond donors (Lipinski definition) is 3. The van der Waals surface area contributed by atoms with Gasteiger partial charge in [0.15, 0.2) is 0 Å². The number of aryl methyl sites for hydroxylation is 1. The van der Waals surface area contributed by atoms with Gasteiger partial charge in [-0.3, -0.25) is 11.1 Å². The van der Waals surface area contributed by atoms with Crippen molar-refractivity contribution in [3.8, 4) is 5.75 Å². The van der Waals surface area contributed by atoms with E-state index in [1.807, 2.05) is 24.4 Å². The molecule has 17 heavy (non-hydrogen) atoms. The van der Waals surface area contributed by atoms with Crippen molar-refractivity contribution in [1.82, 2.24) is 4.98 Å². The Hall–Kier alpha value is -1.62. The van der Waals surface area contributed by atoms with Crippen molar-refractivity contribution in [2.75, 3.05) is 12.9 Å². The van der Waals surface area contributed by atoms with Crippen LogP contribution in [0.15, 0.2) is 24.4 Å². The molecular weight excluding hydrogens is 234 g/mol. The number of benzene rings is 1. The molecule has 0 aliphatic carbocycles. The molecule has 0 amide bonds. The monoisotopic (exact) mass is 250 g/mol. The van der Waals surface area contributed by atoms with Crippen molar-refractivity contribution in [1.29, 1.82) is 0 Å². The van der Waals surface area contributed by atoms with Gasteiger partial charge < -0.3 is 9.72 Å². The predicted molar refractivity (Wildman–Crippen MR) is 72.1 cm³/mol. The molecule has 90 valence electrons. The average molecular weight is 250 g/mol.